The number of anilines is 1. The van der Waals surface area contributed by atoms with Crippen molar-refractivity contribution in [2.24, 2.45) is 0 Å². The molecule has 1 aromatic heterocycles. The number of nitro groups is 1. The van der Waals surface area contributed by atoms with Gasteiger partial charge < -0.3 is 14.8 Å². The van der Waals surface area contributed by atoms with Gasteiger partial charge in [0.05, 0.1) is 16.1 Å². The van der Waals surface area contributed by atoms with Crippen LogP contribution in [0.25, 0.3) is 0 Å². The van der Waals surface area contributed by atoms with Crippen molar-refractivity contribution in [1.82, 2.24) is 0 Å². The molecule has 1 aromatic carbocycles. The van der Waals surface area contributed by atoms with Crippen molar-refractivity contribution in [2.75, 3.05) is 5.32 Å². The molecule has 0 saturated heterocycles. The van der Waals surface area contributed by atoms with Gasteiger partial charge in [-0.2, -0.15) is 0 Å². The number of carbonyl (C=O) groups is 2. The molecule has 0 radical (unpaired) electrons. The highest BCUT2D eigenvalue weighted by atomic mass is 16.6. The molecule has 0 bridgehead atoms. The molecule has 21 heavy (non-hydrogen) atoms. The van der Waals surface area contributed by atoms with E-state index < -0.39 is 22.5 Å². The van der Waals surface area contributed by atoms with Crippen LogP contribution in [0.15, 0.2) is 34.9 Å². The van der Waals surface area contributed by atoms with E-state index in [2.05, 4.69) is 5.32 Å². The number of nitro benzene ring substituents is 1. The van der Waals surface area contributed by atoms with Crippen molar-refractivity contribution in [1.29, 1.82) is 0 Å². The SMILES string of the molecule is Cc1cc(C(=O)Nc2ccc(C(=O)O)cc2[N+](=O)[O-])co1. The molecular weight excluding hydrogens is 280 g/mol. The molecule has 2 aromatic rings. The molecule has 0 aliphatic rings. The van der Waals surface area contributed by atoms with Crippen LogP contribution in [0.1, 0.15) is 26.5 Å². The van der Waals surface area contributed by atoms with E-state index >= 15 is 0 Å². The second-order valence-electron chi connectivity index (χ2n) is 4.19. The minimum Gasteiger partial charge on any atom is -0.478 e. The Morgan fingerprint density at radius 2 is 2.00 bits per heavy atom. The number of amides is 1. The van der Waals surface area contributed by atoms with Gasteiger partial charge in [0.2, 0.25) is 0 Å². The molecule has 108 valence electrons. The molecule has 8 heteroatoms. The first-order valence-corrected chi connectivity index (χ1v) is 5.76. The van der Waals surface area contributed by atoms with Crippen LogP contribution in [0.4, 0.5) is 11.4 Å². The highest BCUT2D eigenvalue weighted by molar-refractivity contribution is 6.05. The molecule has 0 spiro atoms. The largest absolute Gasteiger partial charge is 0.478 e. The third kappa shape index (κ3) is 3.06. The molecule has 0 atom stereocenters. The normalized spacial score (nSPS) is 10.1. The van der Waals surface area contributed by atoms with Gasteiger partial charge in [-0.15, -0.1) is 0 Å². The van der Waals surface area contributed by atoms with E-state index in [1.807, 2.05) is 0 Å². The summed E-state index contributed by atoms with van der Waals surface area (Å²) in [6.07, 6.45) is 1.22. The number of hydrogen-bond donors (Lipinski definition) is 2. The molecule has 1 amide bonds. The first-order chi connectivity index (χ1) is 9.88. The Hall–Kier alpha value is -3.16. The quantitative estimate of drug-likeness (QED) is 0.658. The number of benzene rings is 1. The number of aromatic carboxylic acids is 1. The fourth-order valence-corrected chi connectivity index (χ4v) is 1.68. The van der Waals surface area contributed by atoms with E-state index in [4.69, 9.17) is 9.52 Å². The Balaban J connectivity index is 2.33. The molecule has 0 aliphatic heterocycles. The van der Waals surface area contributed by atoms with Crippen LogP contribution in [0.5, 0.6) is 0 Å². The van der Waals surface area contributed by atoms with Crippen molar-refractivity contribution in [3.05, 3.63) is 57.5 Å². The molecule has 2 N–H and O–H groups in total. The van der Waals surface area contributed by atoms with Crippen LogP contribution >= 0.6 is 0 Å². The average molecular weight is 290 g/mol. The van der Waals surface area contributed by atoms with Gasteiger partial charge in [-0.1, -0.05) is 0 Å². The maximum Gasteiger partial charge on any atom is 0.335 e. The first-order valence-electron chi connectivity index (χ1n) is 5.76. The van der Waals surface area contributed by atoms with Crippen molar-refractivity contribution >= 4 is 23.3 Å². The van der Waals surface area contributed by atoms with E-state index in [1.54, 1.807) is 6.92 Å². The summed E-state index contributed by atoms with van der Waals surface area (Å²) in [5, 5.41) is 22.1. The summed E-state index contributed by atoms with van der Waals surface area (Å²) in [5.41, 5.74) is -0.611. The summed E-state index contributed by atoms with van der Waals surface area (Å²) in [6, 6.07) is 4.71. The van der Waals surface area contributed by atoms with Crippen molar-refractivity contribution < 1.29 is 24.0 Å². The number of hydrogen-bond acceptors (Lipinski definition) is 5. The van der Waals surface area contributed by atoms with Crippen LogP contribution in [0.2, 0.25) is 0 Å². The number of carboxylic acid groups (broad SMARTS) is 1. The Labute approximate surface area is 118 Å². The highest BCUT2D eigenvalue weighted by Crippen LogP contribution is 2.26. The zero-order valence-electron chi connectivity index (χ0n) is 10.8. The van der Waals surface area contributed by atoms with Gasteiger partial charge in [0.25, 0.3) is 11.6 Å². The molecule has 2 rings (SSSR count). The number of rotatable bonds is 4. The van der Waals surface area contributed by atoms with E-state index in [-0.39, 0.29) is 16.8 Å². The lowest BCUT2D eigenvalue weighted by Gasteiger charge is -2.05. The Morgan fingerprint density at radius 3 is 2.52 bits per heavy atom. The Kier molecular flexibility index (Phi) is 3.70. The zero-order chi connectivity index (χ0) is 15.6. The van der Waals surface area contributed by atoms with Gasteiger partial charge in [-0.25, -0.2) is 4.79 Å². The van der Waals surface area contributed by atoms with Crippen LogP contribution < -0.4 is 5.32 Å². The standard InChI is InChI=1S/C13H10N2O6/c1-7-4-9(6-21-7)12(16)14-10-3-2-8(13(17)18)5-11(10)15(19)20/h2-6H,1H3,(H,14,16)(H,17,18). The lowest BCUT2D eigenvalue weighted by atomic mass is 10.1. The van der Waals surface area contributed by atoms with Gasteiger partial charge in [0.15, 0.2) is 0 Å². The summed E-state index contributed by atoms with van der Waals surface area (Å²) in [6.45, 7) is 1.65. The molecule has 0 aliphatic carbocycles. The summed E-state index contributed by atoms with van der Waals surface area (Å²) < 4.78 is 4.98. The van der Waals surface area contributed by atoms with Crippen LogP contribution in [-0.4, -0.2) is 21.9 Å². The highest BCUT2D eigenvalue weighted by Gasteiger charge is 2.20. The lowest BCUT2D eigenvalue weighted by Crippen LogP contribution is -2.12. The number of furan rings is 1. The predicted octanol–water partition coefficient (Wildman–Crippen LogP) is 2.45. The van der Waals surface area contributed by atoms with Crippen molar-refractivity contribution in [3.63, 3.8) is 0 Å². The number of nitrogens with one attached hydrogen (secondary N) is 1. The second-order valence-corrected chi connectivity index (χ2v) is 4.19. The van der Waals surface area contributed by atoms with Crippen LogP contribution in [0, 0.1) is 17.0 Å². The average Bonchev–Trinajstić information content (AvgIpc) is 2.85. The summed E-state index contributed by atoms with van der Waals surface area (Å²) in [4.78, 5) is 32.9. The lowest BCUT2D eigenvalue weighted by molar-refractivity contribution is -0.383. The second kappa shape index (κ2) is 5.45. The fraction of sp³-hybridized carbons (Fsp3) is 0.0769. The monoisotopic (exact) mass is 290 g/mol. The van der Waals surface area contributed by atoms with E-state index in [0.717, 1.165) is 6.07 Å². The molecular formula is C13H10N2O6. The smallest absolute Gasteiger partial charge is 0.335 e. The third-order valence-electron chi connectivity index (χ3n) is 2.68. The molecule has 0 saturated carbocycles. The maximum absolute atomic E-state index is 11.9. The van der Waals surface area contributed by atoms with Gasteiger partial charge in [-0.3, -0.25) is 14.9 Å². The van der Waals surface area contributed by atoms with E-state index in [9.17, 15) is 19.7 Å². The maximum atomic E-state index is 11.9. The number of carboxylic acids is 1. The zero-order valence-corrected chi connectivity index (χ0v) is 10.8. The summed E-state index contributed by atoms with van der Waals surface area (Å²) in [7, 11) is 0. The van der Waals surface area contributed by atoms with Crippen LogP contribution in [-0.2, 0) is 0 Å². The number of nitrogens with zero attached hydrogens (tertiary/aromatic N) is 1. The molecule has 0 fully saturated rings. The Morgan fingerprint density at radius 1 is 1.29 bits per heavy atom. The number of carbonyl (C=O) groups excluding carboxylic acids is 1. The Bertz CT molecular complexity index is 734. The molecule has 1 heterocycles. The summed E-state index contributed by atoms with van der Waals surface area (Å²) in [5.74, 6) is -1.35. The van der Waals surface area contributed by atoms with Crippen molar-refractivity contribution in [2.45, 2.75) is 6.92 Å². The third-order valence-corrected chi connectivity index (χ3v) is 2.68. The van der Waals surface area contributed by atoms with E-state index in [1.165, 1.54) is 24.5 Å². The predicted molar refractivity (Wildman–Crippen MR) is 71.5 cm³/mol. The van der Waals surface area contributed by atoms with Gasteiger partial charge in [0, 0.05) is 6.07 Å². The minimum atomic E-state index is -1.29. The van der Waals surface area contributed by atoms with Gasteiger partial charge >= 0.3 is 5.97 Å². The van der Waals surface area contributed by atoms with Gasteiger partial charge in [0.1, 0.15) is 17.7 Å². The van der Waals surface area contributed by atoms with E-state index in [0.29, 0.717) is 5.76 Å². The number of aryl methyl sites for hydroxylation is 1. The molecule has 8 nitrogen and oxygen atoms in total. The summed E-state index contributed by atoms with van der Waals surface area (Å²) >= 11 is 0. The topological polar surface area (TPSA) is 123 Å². The van der Waals surface area contributed by atoms with Crippen LogP contribution in [0.3, 0.4) is 0 Å². The fourth-order valence-electron chi connectivity index (χ4n) is 1.68. The van der Waals surface area contributed by atoms with Crippen molar-refractivity contribution in [3.8, 4) is 0 Å². The first kappa shape index (κ1) is 14.3. The van der Waals surface area contributed by atoms with Gasteiger partial charge in [-0.05, 0) is 25.1 Å². The molecule has 0 unspecified atom stereocenters. The minimum absolute atomic E-state index is 0.0890.